The van der Waals surface area contributed by atoms with Crippen molar-refractivity contribution in [2.75, 3.05) is 19.7 Å². The van der Waals surface area contributed by atoms with Gasteiger partial charge in [-0.25, -0.2) is 0 Å². The van der Waals surface area contributed by atoms with Crippen molar-refractivity contribution in [3.63, 3.8) is 0 Å². The smallest absolute Gasteiger partial charge is 0.326 e. The lowest BCUT2D eigenvalue weighted by molar-refractivity contribution is -0.151. The minimum atomic E-state index is -0.539. The summed E-state index contributed by atoms with van der Waals surface area (Å²) in [7, 11) is 0. The summed E-state index contributed by atoms with van der Waals surface area (Å²) in [6.07, 6.45) is 4.47. The molecule has 2 fully saturated rings. The Balaban J connectivity index is 1.96. The predicted molar refractivity (Wildman–Crippen MR) is 80.6 cm³/mol. The first kappa shape index (κ1) is 15.8. The van der Waals surface area contributed by atoms with E-state index in [0.29, 0.717) is 18.7 Å². The van der Waals surface area contributed by atoms with Crippen molar-refractivity contribution in [1.29, 1.82) is 0 Å². The number of likely N-dealkylation sites (tertiary alicyclic amines) is 1. The summed E-state index contributed by atoms with van der Waals surface area (Å²) in [5.41, 5.74) is -0.539. The highest BCUT2D eigenvalue weighted by Crippen LogP contribution is 2.28. The van der Waals surface area contributed by atoms with Crippen molar-refractivity contribution in [3.8, 4) is 0 Å². The minimum Gasteiger partial charge on any atom is -0.465 e. The monoisotopic (exact) mass is 282 g/mol. The summed E-state index contributed by atoms with van der Waals surface area (Å²) in [6, 6.07) is 0.926. The van der Waals surface area contributed by atoms with Crippen LogP contribution in [0.25, 0.3) is 0 Å². The third kappa shape index (κ3) is 3.95. The van der Waals surface area contributed by atoms with E-state index in [1.165, 1.54) is 19.3 Å². The van der Waals surface area contributed by atoms with Crippen molar-refractivity contribution in [2.45, 2.75) is 71.0 Å². The average molecular weight is 282 g/mol. The SMILES string of the molecule is CCOC(=O)C(C)(CC(C)N1CCC(C)C1)NC1CC1. The van der Waals surface area contributed by atoms with Crippen LogP contribution in [-0.2, 0) is 9.53 Å². The van der Waals surface area contributed by atoms with Crippen LogP contribution in [-0.4, -0.2) is 48.2 Å². The number of hydrogen-bond donors (Lipinski definition) is 1. The lowest BCUT2D eigenvalue weighted by Crippen LogP contribution is -2.55. The lowest BCUT2D eigenvalue weighted by Gasteiger charge is -2.34. The van der Waals surface area contributed by atoms with Crippen LogP contribution in [0.15, 0.2) is 0 Å². The fourth-order valence-corrected chi connectivity index (χ4v) is 3.26. The molecule has 0 aromatic carbocycles. The van der Waals surface area contributed by atoms with Crippen LogP contribution >= 0.6 is 0 Å². The Labute approximate surface area is 123 Å². The molecule has 0 aromatic heterocycles. The van der Waals surface area contributed by atoms with Crippen LogP contribution in [0.1, 0.15) is 53.4 Å². The summed E-state index contributed by atoms with van der Waals surface area (Å²) >= 11 is 0. The molecule has 3 unspecified atom stereocenters. The molecular formula is C16H30N2O2. The number of nitrogens with zero attached hydrogens (tertiary/aromatic N) is 1. The minimum absolute atomic E-state index is 0.0917. The first-order chi connectivity index (χ1) is 9.44. The molecule has 4 nitrogen and oxygen atoms in total. The van der Waals surface area contributed by atoms with E-state index in [4.69, 9.17) is 4.74 Å². The highest BCUT2D eigenvalue weighted by Gasteiger charge is 2.41. The second-order valence-electron chi connectivity index (χ2n) is 6.91. The van der Waals surface area contributed by atoms with Crippen LogP contribution in [0, 0.1) is 5.92 Å². The van der Waals surface area contributed by atoms with E-state index in [0.717, 1.165) is 25.4 Å². The highest BCUT2D eigenvalue weighted by molar-refractivity contribution is 5.80. The van der Waals surface area contributed by atoms with Crippen LogP contribution in [0.3, 0.4) is 0 Å². The molecule has 1 N–H and O–H groups in total. The first-order valence-electron chi connectivity index (χ1n) is 8.13. The quantitative estimate of drug-likeness (QED) is 0.727. The number of carbonyl (C=O) groups excluding carboxylic acids is 1. The van der Waals surface area contributed by atoms with E-state index < -0.39 is 5.54 Å². The zero-order valence-electron chi connectivity index (χ0n) is 13.4. The largest absolute Gasteiger partial charge is 0.465 e. The summed E-state index contributed by atoms with van der Waals surface area (Å²) in [6.45, 7) is 11.2. The van der Waals surface area contributed by atoms with Gasteiger partial charge in [-0.15, -0.1) is 0 Å². The van der Waals surface area contributed by atoms with E-state index in [9.17, 15) is 4.79 Å². The summed E-state index contributed by atoms with van der Waals surface area (Å²) in [4.78, 5) is 14.9. The Morgan fingerprint density at radius 1 is 1.45 bits per heavy atom. The summed E-state index contributed by atoms with van der Waals surface area (Å²) in [5.74, 6) is 0.689. The Kier molecular flexibility index (Phi) is 5.08. The van der Waals surface area contributed by atoms with Gasteiger partial charge in [-0.3, -0.25) is 10.1 Å². The molecule has 1 saturated heterocycles. The second-order valence-corrected chi connectivity index (χ2v) is 6.91. The molecule has 1 heterocycles. The van der Waals surface area contributed by atoms with Crippen molar-refractivity contribution in [3.05, 3.63) is 0 Å². The Hall–Kier alpha value is -0.610. The van der Waals surface area contributed by atoms with Gasteiger partial charge in [-0.05, 0) is 58.9 Å². The maximum absolute atomic E-state index is 12.3. The van der Waals surface area contributed by atoms with Gasteiger partial charge in [0.1, 0.15) is 5.54 Å². The number of carbonyl (C=O) groups is 1. The van der Waals surface area contributed by atoms with Gasteiger partial charge in [0.25, 0.3) is 0 Å². The molecular weight excluding hydrogens is 252 g/mol. The topological polar surface area (TPSA) is 41.6 Å². The molecule has 1 saturated carbocycles. The van der Waals surface area contributed by atoms with Gasteiger partial charge >= 0.3 is 5.97 Å². The van der Waals surface area contributed by atoms with Crippen LogP contribution < -0.4 is 5.32 Å². The molecule has 3 atom stereocenters. The molecule has 1 aliphatic carbocycles. The van der Waals surface area contributed by atoms with E-state index in [2.05, 4.69) is 24.1 Å². The average Bonchev–Trinajstić information content (AvgIpc) is 3.07. The molecule has 0 spiro atoms. The zero-order valence-corrected chi connectivity index (χ0v) is 13.4. The molecule has 0 bridgehead atoms. The number of ether oxygens (including phenoxy) is 1. The molecule has 0 radical (unpaired) electrons. The van der Waals surface area contributed by atoms with Crippen LogP contribution in [0.2, 0.25) is 0 Å². The molecule has 0 aromatic rings. The van der Waals surface area contributed by atoms with E-state index in [1.54, 1.807) is 0 Å². The molecule has 2 aliphatic rings. The lowest BCUT2D eigenvalue weighted by atomic mass is 9.92. The summed E-state index contributed by atoms with van der Waals surface area (Å²) in [5, 5.41) is 3.52. The van der Waals surface area contributed by atoms with Crippen molar-refractivity contribution in [1.82, 2.24) is 10.2 Å². The number of hydrogen-bond acceptors (Lipinski definition) is 4. The standard InChI is InChI=1S/C16H30N2O2/c1-5-20-15(19)16(4,17-14-6-7-14)10-13(3)18-9-8-12(2)11-18/h12-14,17H,5-11H2,1-4H3. The fourth-order valence-electron chi connectivity index (χ4n) is 3.26. The van der Waals surface area contributed by atoms with Crippen molar-refractivity contribution in [2.24, 2.45) is 5.92 Å². The number of nitrogens with one attached hydrogen (secondary N) is 1. The normalized spacial score (nSPS) is 28.1. The molecule has 1 aliphatic heterocycles. The first-order valence-corrected chi connectivity index (χ1v) is 8.13. The predicted octanol–water partition coefficient (Wildman–Crippen LogP) is 2.18. The van der Waals surface area contributed by atoms with Crippen LogP contribution in [0.4, 0.5) is 0 Å². The van der Waals surface area contributed by atoms with E-state index in [1.807, 2.05) is 13.8 Å². The molecule has 0 amide bonds. The highest BCUT2D eigenvalue weighted by atomic mass is 16.5. The van der Waals surface area contributed by atoms with E-state index in [-0.39, 0.29) is 5.97 Å². The Morgan fingerprint density at radius 3 is 2.65 bits per heavy atom. The third-order valence-electron chi connectivity index (χ3n) is 4.61. The third-order valence-corrected chi connectivity index (χ3v) is 4.61. The van der Waals surface area contributed by atoms with Gasteiger partial charge in [-0.2, -0.15) is 0 Å². The molecule has 116 valence electrons. The second kappa shape index (κ2) is 6.44. The van der Waals surface area contributed by atoms with Gasteiger partial charge in [0.15, 0.2) is 0 Å². The number of rotatable bonds is 7. The van der Waals surface area contributed by atoms with Gasteiger partial charge in [0.2, 0.25) is 0 Å². The van der Waals surface area contributed by atoms with Gasteiger partial charge in [0, 0.05) is 18.6 Å². The Bertz CT molecular complexity index is 343. The Morgan fingerprint density at radius 2 is 2.15 bits per heavy atom. The zero-order chi connectivity index (χ0) is 14.8. The molecule has 4 heteroatoms. The van der Waals surface area contributed by atoms with Gasteiger partial charge in [0.05, 0.1) is 6.61 Å². The van der Waals surface area contributed by atoms with Crippen molar-refractivity contribution < 1.29 is 9.53 Å². The van der Waals surface area contributed by atoms with Gasteiger partial charge < -0.3 is 9.64 Å². The molecule has 2 rings (SSSR count). The van der Waals surface area contributed by atoms with E-state index >= 15 is 0 Å². The van der Waals surface area contributed by atoms with Gasteiger partial charge in [-0.1, -0.05) is 6.92 Å². The number of esters is 1. The maximum atomic E-state index is 12.3. The van der Waals surface area contributed by atoms with Crippen molar-refractivity contribution >= 4 is 5.97 Å². The van der Waals surface area contributed by atoms with Crippen LogP contribution in [0.5, 0.6) is 0 Å². The maximum Gasteiger partial charge on any atom is 0.326 e. The summed E-state index contributed by atoms with van der Waals surface area (Å²) < 4.78 is 5.30. The fraction of sp³-hybridized carbons (Fsp3) is 0.938. The molecule has 20 heavy (non-hydrogen) atoms.